The van der Waals surface area contributed by atoms with Crippen molar-refractivity contribution in [1.82, 2.24) is 0 Å². The maximum Gasteiger partial charge on any atom is 0.143 e. The molecule has 0 unspecified atom stereocenters. The molecule has 2 nitrogen and oxygen atoms in total. The minimum absolute atomic E-state index is 0.104. The molecular weight excluding hydrogens is 251 g/mol. The molecule has 1 aliphatic rings. The number of benzene rings is 2. The molecule has 0 N–H and O–H groups in total. The molecule has 0 atom stereocenters. The van der Waals surface area contributed by atoms with Gasteiger partial charge in [-0.25, -0.2) is 4.39 Å². The van der Waals surface area contributed by atoms with Gasteiger partial charge in [-0.15, -0.1) is 0 Å². The number of anilines is 1. The van der Waals surface area contributed by atoms with Crippen LogP contribution in [0, 0.1) is 17.1 Å². The number of rotatable bonds is 1. The monoisotopic (exact) mass is 266 g/mol. The molecule has 20 heavy (non-hydrogen) atoms. The van der Waals surface area contributed by atoms with Crippen LogP contribution in [0.5, 0.6) is 0 Å². The van der Waals surface area contributed by atoms with E-state index in [2.05, 4.69) is 29.2 Å². The Kier molecular flexibility index (Phi) is 3.39. The van der Waals surface area contributed by atoms with E-state index in [1.165, 1.54) is 17.2 Å². The molecule has 1 aliphatic heterocycles. The van der Waals surface area contributed by atoms with Crippen LogP contribution in [0.4, 0.5) is 10.1 Å². The first-order chi connectivity index (χ1) is 9.78. The summed E-state index contributed by atoms with van der Waals surface area (Å²) in [7, 11) is 0. The molecule has 0 spiro atoms. The molecule has 3 heteroatoms. The van der Waals surface area contributed by atoms with Crippen LogP contribution in [0.25, 0.3) is 0 Å². The van der Waals surface area contributed by atoms with Crippen molar-refractivity contribution in [3.05, 3.63) is 65.0 Å². The average molecular weight is 266 g/mol. The summed E-state index contributed by atoms with van der Waals surface area (Å²) in [6.45, 7) is 1.75. The normalized spacial score (nSPS) is 14.3. The fraction of sp³-hybridized carbons (Fsp3) is 0.235. The van der Waals surface area contributed by atoms with Crippen LogP contribution in [-0.4, -0.2) is 13.1 Å². The van der Waals surface area contributed by atoms with Crippen molar-refractivity contribution in [3.63, 3.8) is 0 Å². The lowest BCUT2D eigenvalue weighted by atomic mass is 10.0. The molecule has 0 aliphatic carbocycles. The lowest BCUT2D eigenvalue weighted by Crippen LogP contribution is -2.26. The van der Waals surface area contributed by atoms with Gasteiger partial charge < -0.3 is 4.90 Å². The summed E-state index contributed by atoms with van der Waals surface area (Å²) in [6, 6.07) is 15.2. The molecule has 1 heterocycles. The van der Waals surface area contributed by atoms with Gasteiger partial charge in [-0.1, -0.05) is 24.3 Å². The van der Waals surface area contributed by atoms with Gasteiger partial charge >= 0.3 is 0 Å². The minimum atomic E-state index is -0.438. The molecule has 2 aromatic rings. The highest BCUT2D eigenvalue weighted by atomic mass is 19.1. The molecule has 100 valence electrons. The Hall–Kier alpha value is -2.34. The quantitative estimate of drug-likeness (QED) is 0.792. The Morgan fingerprint density at radius 2 is 1.65 bits per heavy atom. The van der Waals surface area contributed by atoms with Gasteiger partial charge in [-0.2, -0.15) is 5.26 Å². The van der Waals surface area contributed by atoms with Gasteiger partial charge in [0, 0.05) is 18.8 Å². The predicted molar refractivity (Wildman–Crippen MR) is 77.2 cm³/mol. The lowest BCUT2D eigenvalue weighted by Gasteiger charge is -2.22. The Morgan fingerprint density at radius 3 is 2.20 bits per heavy atom. The Bertz CT molecular complexity index is 646. The minimum Gasteiger partial charge on any atom is -0.371 e. The molecule has 0 fully saturated rings. The van der Waals surface area contributed by atoms with Crippen LogP contribution in [0.15, 0.2) is 42.5 Å². The van der Waals surface area contributed by atoms with Gasteiger partial charge in [0.1, 0.15) is 11.9 Å². The Labute approximate surface area is 118 Å². The Balaban J connectivity index is 1.84. The van der Waals surface area contributed by atoms with Crippen molar-refractivity contribution in [3.8, 4) is 6.07 Å². The highest BCUT2D eigenvalue weighted by Gasteiger charge is 2.15. The molecular formula is C17H15FN2. The number of fused-ring (bicyclic) bond motifs is 1. The van der Waals surface area contributed by atoms with Crippen molar-refractivity contribution in [1.29, 1.82) is 5.26 Å². The summed E-state index contributed by atoms with van der Waals surface area (Å²) in [4.78, 5) is 2.18. The molecule has 0 saturated carbocycles. The van der Waals surface area contributed by atoms with E-state index in [4.69, 9.17) is 5.26 Å². The first-order valence-electron chi connectivity index (χ1n) is 6.79. The third kappa shape index (κ3) is 2.37. The van der Waals surface area contributed by atoms with Crippen molar-refractivity contribution < 1.29 is 4.39 Å². The molecule has 0 aromatic heterocycles. The van der Waals surface area contributed by atoms with Gasteiger partial charge in [-0.3, -0.25) is 0 Å². The summed E-state index contributed by atoms with van der Waals surface area (Å²) in [5.74, 6) is -0.438. The number of nitriles is 1. The van der Waals surface area contributed by atoms with Crippen LogP contribution in [0.2, 0.25) is 0 Å². The van der Waals surface area contributed by atoms with Crippen LogP contribution in [-0.2, 0) is 12.8 Å². The second-order valence-corrected chi connectivity index (χ2v) is 5.03. The molecule has 3 rings (SSSR count). The summed E-state index contributed by atoms with van der Waals surface area (Å²) in [6.07, 6.45) is 1.94. The van der Waals surface area contributed by atoms with E-state index in [9.17, 15) is 4.39 Å². The fourth-order valence-electron chi connectivity index (χ4n) is 2.72. The third-order valence-corrected chi connectivity index (χ3v) is 3.86. The summed E-state index contributed by atoms with van der Waals surface area (Å²) >= 11 is 0. The molecule has 0 saturated heterocycles. The topological polar surface area (TPSA) is 27.0 Å². The van der Waals surface area contributed by atoms with E-state index < -0.39 is 5.82 Å². The van der Waals surface area contributed by atoms with E-state index >= 15 is 0 Å². The van der Waals surface area contributed by atoms with Gasteiger partial charge in [-0.05, 0) is 42.2 Å². The van der Waals surface area contributed by atoms with E-state index in [1.807, 2.05) is 12.1 Å². The van der Waals surface area contributed by atoms with E-state index in [-0.39, 0.29) is 5.56 Å². The maximum atomic E-state index is 13.7. The summed E-state index contributed by atoms with van der Waals surface area (Å²) in [5, 5.41) is 8.78. The van der Waals surface area contributed by atoms with Crippen LogP contribution >= 0.6 is 0 Å². The van der Waals surface area contributed by atoms with Gasteiger partial charge in [0.25, 0.3) is 0 Å². The summed E-state index contributed by atoms with van der Waals surface area (Å²) < 4.78 is 13.7. The van der Waals surface area contributed by atoms with Crippen molar-refractivity contribution in [2.45, 2.75) is 12.8 Å². The fourth-order valence-corrected chi connectivity index (χ4v) is 2.72. The first-order valence-corrected chi connectivity index (χ1v) is 6.79. The largest absolute Gasteiger partial charge is 0.371 e. The molecule has 0 bridgehead atoms. The number of hydrogen-bond acceptors (Lipinski definition) is 2. The van der Waals surface area contributed by atoms with Crippen LogP contribution in [0.3, 0.4) is 0 Å². The standard InChI is InChI=1S/C17H15FN2/c18-17-11-16(6-5-15(17)12-19)20-9-7-13-3-1-2-4-14(13)8-10-20/h1-6,11H,7-10H2. The third-order valence-electron chi connectivity index (χ3n) is 3.86. The average Bonchev–Trinajstić information content (AvgIpc) is 2.70. The zero-order chi connectivity index (χ0) is 13.9. The van der Waals surface area contributed by atoms with Crippen molar-refractivity contribution >= 4 is 5.69 Å². The molecule has 0 amide bonds. The number of nitrogens with zero attached hydrogens (tertiary/aromatic N) is 2. The SMILES string of the molecule is N#Cc1ccc(N2CCc3ccccc3CC2)cc1F. The first kappa shape index (κ1) is 12.7. The second kappa shape index (κ2) is 5.34. The predicted octanol–water partition coefficient (Wildman–Crippen LogP) is 3.30. The van der Waals surface area contributed by atoms with Gasteiger partial charge in [0.15, 0.2) is 0 Å². The lowest BCUT2D eigenvalue weighted by molar-refractivity contribution is 0.622. The zero-order valence-corrected chi connectivity index (χ0v) is 11.1. The molecule has 0 radical (unpaired) electrons. The summed E-state index contributed by atoms with van der Waals surface area (Å²) in [5.41, 5.74) is 3.72. The smallest absolute Gasteiger partial charge is 0.143 e. The number of hydrogen-bond donors (Lipinski definition) is 0. The van der Waals surface area contributed by atoms with Crippen molar-refractivity contribution in [2.75, 3.05) is 18.0 Å². The van der Waals surface area contributed by atoms with E-state index in [1.54, 1.807) is 6.07 Å². The van der Waals surface area contributed by atoms with Gasteiger partial charge in [0.2, 0.25) is 0 Å². The van der Waals surface area contributed by atoms with Gasteiger partial charge in [0.05, 0.1) is 5.56 Å². The highest BCUT2D eigenvalue weighted by molar-refractivity contribution is 5.51. The van der Waals surface area contributed by atoms with E-state index in [0.717, 1.165) is 31.6 Å². The zero-order valence-electron chi connectivity index (χ0n) is 11.1. The highest BCUT2D eigenvalue weighted by Crippen LogP contribution is 2.22. The van der Waals surface area contributed by atoms with Crippen LogP contribution < -0.4 is 4.90 Å². The second-order valence-electron chi connectivity index (χ2n) is 5.03. The number of halogens is 1. The van der Waals surface area contributed by atoms with Crippen LogP contribution in [0.1, 0.15) is 16.7 Å². The van der Waals surface area contributed by atoms with Crippen molar-refractivity contribution in [2.24, 2.45) is 0 Å². The van der Waals surface area contributed by atoms with E-state index in [0.29, 0.717) is 0 Å². The Morgan fingerprint density at radius 1 is 1.00 bits per heavy atom. The maximum absolute atomic E-state index is 13.7. The molecule has 2 aromatic carbocycles.